The summed E-state index contributed by atoms with van der Waals surface area (Å²) in [7, 11) is -3.25. The number of nitrogens with two attached hydrogens (primary N) is 1. The van der Waals surface area contributed by atoms with Crippen molar-refractivity contribution < 1.29 is 8.42 Å². The van der Waals surface area contributed by atoms with Crippen molar-refractivity contribution in [1.82, 2.24) is 9.03 Å². The molecule has 0 amide bonds. The second-order valence-corrected chi connectivity index (χ2v) is 6.26. The Morgan fingerprint density at radius 3 is 2.81 bits per heavy atom. The quantitative estimate of drug-likeness (QED) is 0.664. The van der Waals surface area contributed by atoms with Gasteiger partial charge in [-0.25, -0.2) is 4.72 Å². The third-order valence-corrected chi connectivity index (χ3v) is 4.46. The lowest BCUT2D eigenvalue weighted by atomic mass is 10.0. The van der Waals surface area contributed by atoms with Crippen LogP contribution in [0.4, 0.5) is 0 Å². The van der Waals surface area contributed by atoms with E-state index in [4.69, 9.17) is 5.73 Å². The highest BCUT2D eigenvalue weighted by Gasteiger charge is 2.26. The minimum atomic E-state index is -3.25. The fourth-order valence-corrected chi connectivity index (χ4v) is 3.33. The van der Waals surface area contributed by atoms with Gasteiger partial charge in [-0.2, -0.15) is 12.7 Å². The van der Waals surface area contributed by atoms with Crippen molar-refractivity contribution in [2.45, 2.75) is 32.6 Å². The van der Waals surface area contributed by atoms with Crippen LogP contribution in [-0.2, 0) is 10.2 Å². The third kappa shape index (κ3) is 4.37. The van der Waals surface area contributed by atoms with Gasteiger partial charge in [0.25, 0.3) is 10.2 Å². The summed E-state index contributed by atoms with van der Waals surface area (Å²) in [6.45, 7) is 4.49. The predicted octanol–water partition coefficient (Wildman–Crippen LogP) is 0.292. The van der Waals surface area contributed by atoms with Gasteiger partial charge < -0.3 is 5.73 Å². The molecule has 1 saturated heterocycles. The van der Waals surface area contributed by atoms with Crippen molar-refractivity contribution in [3.63, 3.8) is 0 Å². The maximum Gasteiger partial charge on any atom is 0.279 e. The van der Waals surface area contributed by atoms with E-state index in [0.717, 1.165) is 25.7 Å². The molecule has 0 aromatic heterocycles. The summed E-state index contributed by atoms with van der Waals surface area (Å²) in [4.78, 5) is 0. The van der Waals surface area contributed by atoms with Gasteiger partial charge in [0.1, 0.15) is 0 Å². The first-order valence-electron chi connectivity index (χ1n) is 6.01. The molecule has 3 N–H and O–H groups in total. The standard InChI is InChI=1S/C10H23N3O2S/c1-10-5-4-8-13(9-10)16(14,15)12-7-3-2-6-11/h10,12H,2-9,11H2,1H3. The highest BCUT2D eigenvalue weighted by Crippen LogP contribution is 2.17. The highest BCUT2D eigenvalue weighted by molar-refractivity contribution is 7.87. The van der Waals surface area contributed by atoms with E-state index >= 15 is 0 Å². The predicted molar refractivity (Wildman–Crippen MR) is 65.2 cm³/mol. The van der Waals surface area contributed by atoms with Gasteiger partial charge in [0, 0.05) is 19.6 Å². The van der Waals surface area contributed by atoms with Gasteiger partial charge in [-0.1, -0.05) is 6.92 Å². The van der Waals surface area contributed by atoms with Crippen LogP contribution in [0, 0.1) is 5.92 Å². The average Bonchev–Trinajstić information content (AvgIpc) is 2.24. The monoisotopic (exact) mass is 249 g/mol. The van der Waals surface area contributed by atoms with Crippen molar-refractivity contribution in [2.75, 3.05) is 26.2 Å². The molecule has 1 heterocycles. The molecule has 1 atom stereocenters. The molecule has 0 radical (unpaired) electrons. The van der Waals surface area contributed by atoms with E-state index in [-0.39, 0.29) is 0 Å². The molecule has 0 aliphatic carbocycles. The Kier molecular flexibility index (Phi) is 5.68. The first-order chi connectivity index (χ1) is 7.56. The van der Waals surface area contributed by atoms with Gasteiger partial charge in [0.2, 0.25) is 0 Å². The number of hydrogen-bond acceptors (Lipinski definition) is 3. The van der Waals surface area contributed by atoms with E-state index < -0.39 is 10.2 Å². The Bertz CT molecular complexity index is 292. The summed E-state index contributed by atoms with van der Waals surface area (Å²) in [5, 5.41) is 0. The van der Waals surface area contributed by atoms with E-state index in [1.165, 1.54) is 0 Å². The molecule has 0 aromatic carbocycles. The van der Waals surface area contributed by atoms with Gasteiger partial charge in [0.05, 0.1) is 0 Å². The summed E-state index contributed by atoms with van der Waals surface area (Å²) in [5.74, 6) is 0.467. The fraction of sp³-hybridized carbons (Fsp3) is 1.00. The van der Waals surface area contributed by atoms with Crippen LogP contribution in [0.25, 0.3) is 0 Å². The summed E-state index contributed by atoms with van der Waals surface area (Å²) in [5.41, 5.74) is 5.35. The lowest BCUT2D eigenvalue weighted by Gasteiger charge is -2.29. The lowest BCUT2D eigenvalue weighted by Crippen LogP contribution is -2.45. The number of hydrogen-bond donors (Lipinski definition) is 2. The van der Waals surface area contributed by atoms with Crippen LogP contribution in [0.1, 0.15) is 32.6 Å². The van der Waals surface area contributed by atoms with Crippen LogP contribution in [-0.4, -0.2) is 38.9 Å². The van der Waals surface area contributed by atoms with Crippen LogP contribution in [0.3, 0.4) is 0 Å². The second kappa shape index (κ2) is 6.54. The lowest BCUT2D eigenvalue weighted by molar-refractivity contribution is 0.278. The molecular formula is C10H23N3O2S. The largest absolute Gasteiger partial charge is 0.330 e. The first kappa shape index (κ1) is 13.9. The molecule has 0 aromatic rings. The topological polar surface area (TPSA) is 75.4 Å². The van der Waals surface area contributed by atoms with Crippen molar-refractivity contribution in [3.05, 3.63) is 0 Å². The van der Waals surface area contributed by atoms with E-state index in [1.807, 2.05) is 0 Å². The maximum atomic E-state index is 11.9. The van der Waals surface area contributed by atoms with Gasteiger partial charge >= 0.3 is 0 Å². The Hall–Kier alpha value is -0.170. The highest BCUT2D eigenvalue weighted by atomic mass is 32.2. The molecule has 0 bridgehead atoms. The Labute approximate surface area is 98.6 Å². The van der Waals surface area contributed by atoms with Gasteiger partial charge in [-0.3, -0.25) is 0 Å². The van der Waals surface area contributed by atoms with Crippen molar-refractivity contribution >= 4 is 10.2 Å². The average molecular weight is 249 g/mol. The van der Waals surface area contributed by atoms with Crippen LogP contribution in [0.5, 0.6) is 0 Å². The van der Waals surface area contributed by atoms with Gasteiger partial charge in [-0.05, 0) is 38.1 Å². The summed E-state index contributed by atoms with van der Waals surface area (Å²) >= 11 is 0. The van der Waals surface area contributed by atoms with Gasteiger partial charge in [-0.15, -0.1) is 0 Å². The fourth-order valence-electron chi connectivity index (χ4n) is 1.93. The molecule has 1 fully saturated rings. The van der Waals surface area contributed by atoms with E-state index in [2.05, 4.69) is 11.6 Å². The zero-order valence-corrected chi connectivity index (χ0v) is 10.8. The molecule has 6 heteroatoms. The second-order valence-electron chi connectivity index (χ2n) is 4.50. The number of piperidine rings is 1. The molecule has 1 aliphatic heterocycles. The van der Waals surface area contributed by atoms with E-state index in [1.54, 1.807) is 4.31 Å². The maximum absolute atomic E-state index is 11.9. The zero-order valence-electron chi connectivity index (χ0n) is 9.98. The first-order valence-corrected chi connectivity index (χ1v) is 7.45. The number of nitrogens with one attached hydrogen (secondary N) is 1. The summed E-state index contributed by atoms with van der Waals surface area (Å²) < 4.78 is 27.9. The summed E-state index contributed by atoms with van der Waals surface area (Å²) in [6.07, 6.45) is 3.75. The van der Waals surface area contributed by atoms with E-state index in [9.17, 15) is 8.42 Å². The smallest absolute Gasteiger partial charge is 0.279 e. The molecule has 1 rings (SSSR count). The van der Waals surface area contributed by atoms with Crippen molar-refractivity contribution in [1.29, 1.82) is 0 Å². The third-order valence-electron chi connectivity index (χ3n) is 2.88. The minimum absolute atomic E-state index is 0.467. The molecule has 96 valence electrons. The van der Waals surface area contributed by atoms with Crippen LogP contribution < -0.4 is 10.5 Å². The zero-order chi connectivity index (χ0) is 12.0. The molecule has 1 unspecified atom stereocenters. The van der Waals surface area contributed by atoms with Crippen molar-refractivity contribution in [3.8, 4) is 0 Å². The normalized spacial score (nSPS) is 23.5. The van der Waals surface area contributed by atoms with E-state index in [0.29, 0.717) is 32.1 Å². The van der Waals surface area contributed by atoms with Crippen LogP contribution >= 0.6 is 0 Å². The number of rotatable bonds is 6. The molecule has 1 aliphatic rings. The molecular weight excluding hydrogens is 226 g/mol. The van der Waals surface area contributed by atoms with Crippen LogP contribution in [0.15, 0.2) is 0 Å². The molecule has 0 spiro atoms. The van der Waals surface area contributed by atoms with Crippen LogP contribution in [0.2, 0.25) is 0 Å². The Morgan fingerprint density at radius 2 is 2.19 bits per heavy atom. The summed E-state index contributed by atoms with van der Waals surface area (Å²) in [6, 6.07) is 0. The van der Waals surface area contributed by atoms with Crippen molar-refractivity contribution in [2.24, 2.45) is 11.7 Å². The number of unbranched alkanes of at least 4 members (excludes halogenated alkanes) is 1. The number of nitrogens with zero attached hydrogens (tertiary/aromatic N) is 1. The molecule has 0 saturated carbocycles. The molecule has 5 nitrogen and oxygen atoms in total. The molecule has 16 heavy (non-hydrogen) atoms. The Morgan fingerprint density at radius 1 is 1.44 bits per heavy atom. The Balaban J connectivity index is 2.37. The minimum Gasteiger partial charge on any atom is -0.330 e. The SMILES string of the molecule is CC1CCCN(S(=O)(=O)NCCCCN)C1. The van der Waals surface area contributed by atoms with Gasteiger partial charge in [0.15, 0.2) is 0 Å².